The molecule has 2 aliphatic rings. The number of alkyl halides is 3. The molecule has 7 atom stereocenters. The highest BCUT2D eigenvalue weighted by atomic mass is 32.2. The number of rotatable bonds is 10. The van der Waals surface area contributed by atoms with Gasteiger partial charge in [-0.05, 0) is 32.9 Å². The number of halogens is 3. The van der Waals surface area contributed by atoms with Gasteiger partial charge < -0.3 is 32.2 Å². The van der Waals surface area contributed by atoms with Crippen molar-refractivity contribution in [3.8, 4) is 0 Å². The molecule has 0 aromatic heterocycles. The first-order valence-corrected chi connectivity index (χ1v) is 11.7. The van der Waals surface area contributed by atoms with Gasteiger partial charge in [0, 0.05) is 42.8 Å². The van der Waals surface area contributed by atoms with Crippen LogP contribution in [0.2, 0.25) is 0 Å². The van der Waals surface area contributed by atoms with Crippen molar-refractivity contribution in [2.24, 2.45) is 23.3 Å². The highest BCUT2D eigenvalue weighted by Crippen LogP contribution is 2.33. The van der Waals surface area contributed by atoms with Crippen molar-refractivity contribution >= 4 is 10.0 Å². The molecule has 0 bridgehead atoms. The Balaban J connectivity index is 2.12. The van der Waals surface area contributed by atoms with E-state index < -0.39 is 64.7 Å². The van der Waals surface area contributed by atoms with Crippen LogP contribution in [0.25, 0.3) is 0 Å². The van der Waals surface area contributed by atoms with Gasteiger partial charge in [0.2, 0.25) is 10.0 Å². The number of nitrogens with one attached hydrogen (secondary N) is 5. The quantitative estimate of drug-likeness (QED) is 0.186. The zero-order valence-corrected chi connectivity index (χ0v) is 18.2. The van der Waals surface area contributed by atoms with Crippen LogP contribution in [0.4, 0.5) is 13.2 Å². The Morgan fingerprint density at radius 2 is 2.03 bits per heavy atom. The third kappa shape index (κ3) is 6.95. The Kier molecular flexibility index (Phi) is 8.26. The van der Waals surface area contributed by atoms with E-state index in [1.165, 1.54) is 7.11 Å². The van der Waals surface area contributed by atoms with Crippen LogP contribution in [-0.2, 0) is 14.8 Å². The molecule has 0 aromatic carbocycles. The highest BCUT2D eigenvalue weighted by molar-refractivity contribution is 7.90. The third-order valence-electron chi connectivity index (χ3n) is 5.99. The van der Waals surface area contributed by atoms with E-state index in [4.69, 9.17) is 20.3 Å². The van der Waals surface area contributed by atoms with Crippen LogP contribution in [0.3, 0.4) is 0 Å². The van der Waals surface area contributed by atoms with Crippen molar-refractivity contribution in [3.05, 3.63) is 0 Å². The van der Waals surface area contributed by atoms with Gasteiger partial charge in [-0.1, -0.05) is 0 Å². The molecule has 0 amide bonds. The smallest absolute Gasteiger partial charge is 0.365 e. The minimum Gasteiger partial charge on any atom is -0.365 e. The van der Waals surface area contributed by atoms with E-state index in [0.29, 0.717) is 6.54 Å². The summed E-state index contributed by atoms with van der Waals surface area (Å²) in [4.78, 5) is 0. The average molecular weight is 479 g/mol. The van der Waals surface area contributed by atoms with Gasteiger partial charge >= 0.3 is 6.18 Å². The number of hydrogen-bond acceptors (Lipinski definition) is 9. The Morgan fingerprint density at radius 3 is 2.61 bits per heavy atom. The van der Waals surface area contributed by atoms with Gasteiger partial charge in [0.05, 0.1) is 18.1 Å². The first kappa shape index (κ1) is 22.2. The predicted molar refractivity (Wildman–Crippen MR) is 111 cm³/mol. The SMILES string of the molecule is [2H]C([2H])([2H])NC1C(CN)CNC(OC)C1NS(=O)(=O)C(CN)CNC1CC(C(F)(F)F)CCN1. The van der Waals surface area contributed by atoms with Gasteiger partial charge in [0.15, 0.2) is 0 Å². The predicted octanol–water partition coefficient (Wildman–Crippen LogP) is -2.18. The molecule has 31 heavy (non-hydrogen) atoms. The van der Waals surface area contributed by atoms with Gasteiger partial charge in [-0.3, -0.25) is 5.32 Å². The molecule has 0 radical (unpaired) electrons. The molecule has 0 aliphatic carbocycles. The van der Waals surface area contributed by atoms with Crippen LogP contribution in [-0.4, -0.2) is 91.1 Å². The standard InChI is InChI=1S/C17H36F3N7O3S/c1-23-14-10(6-21)8-26-16(30-2)15(14)27-31(28,29)12(7-22)9-25-13-5-11(3-4-24-13)17(18,19)20/h10-16,23-27H,3-9,21-22H2,1-2H3/i1D3. The fraction of sp³-hybridized carbons (Fsp3) is 1.00. The Labute approximate surface area is 186 Å². The lowest BCUT2D eigenvalue weighted by atomic mass is 9.89. The van der Waals surface area contributed by atoms with Crippen LogP contribution in [0.15, 0.2) is 0 Å². The lowest BCUT2D eigenvalue weighted by molar-refractivity contribution is -0.183. The number of nitrogens with two attached hydrogens (primary N) is 2. The number of hydrogen-bond donors (Lipinski definition) is 7. The van der Waals surface area contributed by atoms with E-state index >= 15 is 0 Å². The second-order valence-electron chi connectivity index (χ2n) is 7.95. The number of piperidine rings is 2. The number of likely N-dealkylation sites (N-methyl/N-ethyl adjacent to an activating group) is 1. The topological polar surface area (TPSA) is 156 Å². The maximum absolute atomic E-state index is 13.2. The van der Waals surface area contributed by atoms with Gasteiger partial charge in [-0.15, -0.1) is 0 Å². The second-order valence-corrected chi connectivity index (χ2v) is 9.95. The normalized spacial score (nSPS) is 35.7. The molecular formula is C17H36F3N7O3S. The molecule has 2 heterocycles. The Hall–Kier alpha value is -0.580. The van der Waals surface area contributed by atoms with Crippen molar-refractivity contribution in [1.82, 2.24) is 26.0 Å². The minimum absolute atomic E-state index is 0.0465. The van der Waals surface area contributed by atoms with Crippen LogP contribution in [0.5, 0.6) is 0 Å². The van der Waals surface area contributed by atoms with Crippen LogP contribution < -0.4 is 37.5 Å². The summed E-state index contributed by atoms with van der Waals surface area (Å²) in [6.07, 6.45) is -6.17. The van der Waals surface area contributed by atoms with Crippen molar-refractivity contribution in [2.45, 2.75) is 48.7 Å². The first-order chi connectivity index (χ1) is 15.7. The largest absolute Gasteiger partial charge is 0.391 e. The third-order valence-corrected chi connectivity index (χ3v) is 7.82. The molecule has 0 spiro atoms. The van der Waals surface area contributed by atoms with E-state index in [1.807, 2.05) is 0 Å². The van der Waals surface area contributed by atoms with E-state index in [9.17, 15) is 21.6 Å². The summed E-state index contributed by atoms with van der Waals surface area (Å²) in [6.45, 7) is -2.54. The van der Waals surface area contributed by atoms with Crippen molar-refractivity contribution in [2.75, 3.05) is 46.8 Å². The van der Waals surface area contributed by atoms with Gasteiger partial charge in [-0.2, -0.15) is 13.2 Å². The van der Waals surface area contributed by atoms with Crippen molar-refractivity contribution < 1.29 is 30.4 Å². The van der Waals surface area contributed by atoms with Gasteiger partial charge in [0.1, 0.15) is 11.5 Å². The minimum atomic E-state index is -4.32. The summed E-state index contributed by atoms with van der Waals surface area (Å²) in [5.74, 6) is -1.90. The van der Waals surface area contributed by atoms with Crippen LogP contribution in [0, 0.1) is 11.8 Å². The zero-order valence-electron chi connectivity index (χ0n) is 20.4. The van der Waals surface area contributed by atoms with E-state index in [2.05, 4.69) is 26.0 Å². The van der Waals surface area contributed by atoms with Gasteiger partial charge in [0.25, 0.3) is 0 Å². The summed E-state index contributed by atoms with van der Waals surface area (Å²) >= 11 is 0. The molecule has 7 unspecified atom stereocenters. The fourth-order valence-electron chi connectivity index (χ4n) is 4.06. The lowest BCUT2D eigenvalue weighted by Gasteiger charge is -2.43. The molecule has 10 nitrogen and oxygen atoms in total. The molecule has 2 saturated heterocycles. The van der Waals surface area contributed by atoms with Crippen molar-refractivity contribution in [3.63, 3.8) is 0 Å². The maximum Gasteiger partial charge on any atom is 0.391 e. The highest BCUT2D eigenvalue weighted by Gasteiger charge is 2.43. The summed E-state index contributed by atoms with van der Waals surface area (Å²) < 4.78 is 96.1. The number of ether oxygens (including phenoxy) is 1. The average Bonchev–Trinajstić information content (AvgIpc) is 2.73. The number of methoxy groups -OCH3 is 1. The fourth-order valence-corrected chi connectivity index (χ4v) is 5.47. The van der Waals surface area contributed by atoms with E-state index in [1.54, 1.807) is 0 Å². The Morgan fingerprint density at radius 1 is 1.29 bits per heavy atom. The molecule has 14 heteroatoms. The lowest BCUT2D eigenvalue weighted by Crippen LogP contribution is -2.69. The first-order valence-electron chi connectivity index (χ1n) is 11.7. The number of sulfonamides is 1. The maximum atomic E-state index is 13.2. The van der Waals surface area contributed by atoms with E-state index in [-0.39, 0.29) is 39.0 Å². The molecule has 0 saturated carbocycles. The van der Waals surface area contributed by atoms with E-state index in [0.717, 1.165) is 0 Å². The zero-order chi connectivity index (χ0) is 25.7. The molecule has 184 valence electrons. The summed E-state index contributed by atoms with van der Waals surface area (Å²) in [6, 6.07) is -1.91. The monoisotopic (exact) mass is 478 g/mol. The molecule has 2 aliphatic heterocycles. The molecular weight excluding hydrogens is 439 g/mol. The summed E-state index contributed by atoms with van der Waals surface area (Å²) in [7, 11) is -2.80. The molecule has 9 N–H and O–H groups in total. The summed E-state index contributed by atoms with van der Waals surface area (Å²) in [5, 5.41) is 10.0. The van der Waals surface area contributed by atoms with Crippen LogP contribution in [0.1, 0.15) is 17.0 Å². The molecule has 2 rings (SSSR count). The second kappa shape index (κ2) is 11.5. The van der Waals surface area contributed by atoms with Crippen molar-refractivity contribution in [1.29, 1.82) is 0 Å². The van der Waals surface area contributed by atoms with Crippen LogP contribution >= 0.6 is 0 Å². The molecule has 2 fully saturated rings. The summed E-state index contributed by atoms with van der Waals surface area (Å²) in [5.41, 5.74) is 11.5. The van der Waals surface area contributed by atoms with Gasteiger partial charge in [-0.25, -0.2) is 13.1 Å². The molecule has 0 aromatic rings. The Bertz CT molecular complexity index is 748.